The molecule has 7 N–H and O–H groups in total. The molecule has 0 aromatic rings. The van der Waals surface area contributed by atoms with E-state index < -0.39 is 26.7 Å². The molecule has 0 rings (SSSR count). The fourth-order valence-corrected chi connectivity index (χ4v) is 3.06. The maximum absolute atomic E-state index is 10.7. The summed E-state index contributed by atoms with van der Waals surface area (Å²) < 4.78 is 21.4. The van der Waals surface area contributed by atoms with Gasteiger partial charge in [0.05, 0.1) is 0 Å². The summed E-state index contributed by atoms with van der Waals surface area (Å²) in [5, 5.41) is 5.91. The Hall–Kier alpha value is 1.70. The van der Waals surface area contributed by atoms with Crippen molar-refractivity contribution in [3.8, 4) is 0 Å². The number of aliphatic hydroxyl groups is 1. The summed E-state index contributed by atoms with van der Waals surface area (Å²) >= 11 is 0. The molecule has 0 aromatic carbocycles. The van der Waals surface area contributed by atoms with Crippen molar-refractivity contribution in [2.45, 2.75) is 17.9 Å². The van der Waals surface area contributed by atoms with Gasteiger partial charge in [0.2, 0.25) is 0 Å². The number of rotatable bonds is 5. The minimum Gasteiger partial charge on any atom is -1.00 e. The van der Waals surface area contributed by atoms with Crippen molar-refractivity contribution in [2.75, 3.05) is 6.54 Å². The van der Waals surface area contributed by atoms with E-state index >= 15 is 0 Å². The molecule has 0 fully saturated rings. The van der Waals surface area contributed by atoms with Crippen LogP contribution in [0.3, 0.4) is 0 Å². The number of nitrogens with two attached hydrogens (primary N) is 1. The second-order valence-electron chi connectivity index (χ2n) is 2.75. The first-order valence-electron chi connectivity index (χ1n) is 3.60. The molecule has 0 saturated carbocycles. The Kier molecular flexibility index (Phi) is 8.36. The summed E-state index contributed by atoms with van der Waals surface area (Å²) in [4.78, 5) is 34.5. The molecule has 0 unspecified atom stereocenters. The molecule has 90 valence electrons. The second kappa shape index (κ2) is 6.58. The average Bonchev–Trinajstić information content (AvgIpc) is 1.95. The van der Waals surface area contributed by atoms with Crippen molar-refractivity contribution < 1.29 is 36.7 Å². The van der Waals surface area contributed by atoms with Gasteiger partial charge < -0.3 is 33.3 Å². The SMILES string of the molecule is NCCCC(O)(P(=O)(O)O)P(=O)(O)O.[H-].[H-].[Sr+2]. The van der Waals surface area contributed by atoms with Crippen LogP contribution in [-0.2, 0) is 9.13 Å². The summed E-state index contributed by atoms with van der Waals surface area (Å²) in [6.45, 7) is -0.0394. The van der Waals surface area contributed by atoms with E-state index in [1.807, 2.05) is 0 Å². The standard InChI is InChI=1S/C4H13NO7P2.Sr.2H/c5-3-1-2-4(6,13(7,8)9)14(10,11)12;;;/h6H,1-3,5H2,(H2,7,8,9)(H2,10,11,12);;;/q;+2;2*-1. The van der Waals surface area contributed by atoms with Crippen molar-refractivity contribution in [3.05, 3.63) is 0 Å². The van der Waals surface area contributed by atoms with Gasteiger partial charge in [0.25, 0.3) is 5.08 Å². The van der Waals surface area contributed by atoms with Crippen LogP contribution in [0, 0.1) is 0 Å². The zero-order valence-electron chi connectivity index (χ0n) is 9.85. The van der Waals surface area contributed by atoms with Crippen LogP contribution in [0.15, 0.2) is 0 Å². The van der Waals surface area contributed by atoms with Crippen molar-refractivity contribution in [1.82, 2.24) is 0 Å². The topological polar surface area (TPSA) is 161 Å². The fourth-order valence-electron chi connectivity index (χ4n) is 0.800. The maximum atomic E-state index is 10.7. The minimum absolute atomic E-state index is 0. The van der Waals surface area contributed by atoms with Gasteiger partial charge in [-0.1, -0.05) is 0 Å². The van der Waals surface area contributed by atoms with E-state index in [0.29, 0.717) is 0 Å². The molecule has 0 heterocycles. The van der Waals surface area contributed by atoms with Gasteiger partial charge in [0.1, 0.15) is 0 Å². The minimum atomic E-state index is -5.30. The fraction of sp³-hybridized carbons (Fsp3) is 1.00. The van der Waals surface area contributed by atoms with Crippen LogP contribution >= 0.6 is 15.2 Å². The van der Waals surface area contributed by atoms with Gasteiger partial charge in [-0.15, -0.1) is 0 Å². The Morgan fingerprint density at radius 3 is 1.67 bits per heavy atom. The van der Waals surface area contributed by atoms with E-state index in [0.717, 1.165) is 0 Å². The normalized spacial score (nSPS) is 13.5. The Bertz CT molecular complexity index is 272. The van der Waals surface area contributed by atoms with E-state index in [-0.39, 0.29) is 61.3 Å². The van der Waals surface area contributed by atoms with E-state index in [1.54, 1.807) is 0 Å². The molecule has 0 aliphatic rings. The molecule has 0 aliphatic heterocycles. The molecule has 0 bridgehead atoms. The Morgan fingerprint density at radius 2 is 1.47 bits per heavy atom. The van der Waals surface area contributed by atoms with Gasteiger partial charge in [-0.2, -0.15) is 0 Å². The molecule has 0 radical (unpaired) electrons. The average molecular weight is 339 g/mol. The van der Waals surface area contributed by atoms with Gasteiger partial charge >= 0.3 is 60.7 Å². The molecule has 0 aromatic heterocycles. The van der Waals surface area contributed by atoms with Gasteiger partial charge in [-0.3, -0.25) is 9.13 Å². The van der Waals surface area contributed by atoms with Crippen LogP contribution in [0.4, 0.5) is 0 Å². The molecular weight excluding hydrogens is 324 g/mol. The zero-order chi connectivity index (χ0) is 11.6. The Morgan fingerprint density at radius 1 is 1.13 bits per heavy atom. The van der Waals surface area contributed by atoms with Gasteiger partial charge in [-0.05, 0) is 13.0 Å². The molecule has 0 spiro atoms. The van der Waals surface area contributed by atoms with Crippen LogP contribution < -0.4 is 5.73 Å². The van der Waals surface area contributed by atoms with Gasteiger partial charge in [0, 0.05) is 6.42 Å². The molecule has 15 heavy (non-hydrogen) atoms. The molecule has 0 amide bonds. The van der Waals surface area contributed by atoms with Crippen LogP contribution in [0.1, 0.15) is 15.7 Å². The predicted octanol–water partition coefficient (Wildman–Crippen LogP) is -1.43. The summed E-state index contributed by atoms with van der Waals surface area (Å²) in [7, 11) is -10.6. The quantitative estimate of drug-likeness (QED) is 0.262. The molecular formula is C4H15NO7P2Sr. The smallest absolute Gasteiger partial charge is 1.00 e. The molecule has 8 nitrogen and oxygen atoms in total. The first kappa shape index (κ1) is 19.0. The Labute approximate surface area is 126 Å². The summed E-state index contributed by atoms with van der Waals surface area (Å²) in [6.07, 6.45) is -0.856. The monoisotopic (exact) mass is 339 g/mol. The predicted molar refractivity (Wildman–Crippen MR) is 55.3 cm³/mol. The van der Waals surface area contributed by atoms with E-state index in [4.69, 9.17) is 25.3 Å². The third kappa shape index (κ3) is 4.83. The third-order valence-electron chi connectivity index (χ3n) is 1.65. The summed E-state index contributed by atoms with van der Waals surface area (Å²) in [5.41, 5.74) is 5.01. The van der Waals surface area contributed by atoms with Gasteiger partial charge in [0.15, 0.2) is 0 Å². The number of hydrogen-bond donors (Lipinski definition) is 6. The van der Waals surface area contributed by atoms with Crippen LogP contribution in [-0.4, -0.2) is 81.8 Å². The largest absolute Gasteiger partial charge is 2.00 e. The molecule has 0 atom stereocenters. The van der Waals surface area contributed by atoms with E-state index in [1.165, 1.54) is 0 Å². The molecule has 0 saturated heterocycles. The van der Waals surface area contributed by atoms with Crippen molar-refractivity contribution >= 4 is 60.7 Å². The molecule has 0 aliphatic carbocycles. The van der Waals surface area contributed by atoms with E-state index in [9.17, 15) is 14.2 Å². The molecule has 11 heteroatoms. The second-order valence-corrected chi connectivity index (χ2v) is 6.76. The van der Waals surface area contributed by atoms with Crippen LogP contribution in [0.25, 0.3) is 0 Å². The third-order valence-corrected chi connectivity index (χ3v) is 5.53. The summed E-state index contributed by atoms with van der Waals surface area (Å²) in [5.74, 6) is 0. The van der Waals surface area contributed by atoms with Crippen LogP contribution in [0.5, 0.6) is 0 Å². The van der Waals surface area contributed by atoms with Crippen molar-refractivity contribution in [3.63, 3.8) is 0 Å². The number of hydrogen-bond acceptors (Lipinski definition) is 4. The zero-order valence-corrected chi connectivity index (χ0v) is 13.1. The van der Waals surface area contributed by atoms with E-state index in [2.05, 4.69) is 0 Å². The van der Waals surface area contributed by atoms with Crippen LogP contribution in [0.2, 0.25) is 0 Å². The Balaban J connectivity index is -0.000000282. The summed E-state index contributed by atoms with van der Waals surface area (Å²) in [6, 6.07) is 0. The van der Waals surface area contributed by atoms with Crippen molar-refractivity contribution in [2.24, 2.45) is 5.73 Å². The van der Waals surface area contributed by atoms with Crippen molar-refractivity contribution in [1.29, 1.82) is 0 Å². The first-order chi connectivity index (χ1) is 6.06. The maximum Gasteiger partial charge on any atom is 2.00 e. The van der Waals surface area contributed by atoms with Gasteiger partial charge in [-0.25, -0.2) is 0 Å². The first-order valence-corrected chi connectivity index (χ1v) is 6.82.